The molecule has 196 valence electrons. The molecule has 2 aromatic heterocycles. The first kappa shape index (κ1) is 26.2. The molecule has 1 saturated carbocycles. The second kappa shape index (κ2) is 11.0. The van der Waals surface area contributed by atoms with Gasteiger partial charge in [-0.3, -0.25) is 19.3 Å². The van der Waals surface area contributed by atoms with E-state index >= 15 is 0 Å². The van der Waals surface area contributed by atoms with E-state index in [1.54, 1.807) is 31.2 Å². The van der Waals surface area contributed by atoms with Crippen LogP contribution in [0.1, 0.15) is 75.4 Å². The standard InChI is InChI=1S/C26H31N5O5S/c1-14-9-11-18(35-3)17(13-14)31(26(34)23-20(27)21(24(28)32)30-37-23)22(19-12-10-15(2)36-19)25(33)29-16-7-5-4-6-8-16/h9-13,16,22H,4-8,27H2,1-3H3,(H2,28,32)(H,29,33)/t22-/m1/s1. The summed E-state index contributed by atoms with van der Waals surface area (Å²) in [6.07, 6.45) is 4.90. The van der Waals surface area contributed by atoms with Crippen molar-refractivity contribution in [3.05, 3.63) is 58.0 Å². The Morgan fingerprint density at radius 1 is 1.16 bits per heavy atom. The van der Waals surface area contributed by atoms with E-state index in [0.29, 0.717) is 17.2 Å². The average molecular weight is 526 g/mol. The zero-order chi connectivity index (χ0) is 26.7. The molecule has 1 aromatic carbocycles. The fraction of sp³-hybridized carbons (Fsp3) is 0.385. The van der Waals surface area contributed by atoms with Crippen LogP contribution in [0.2, 0.25) is 0 Å². The Balaban J connectivity index is 1.88. The van der Waals surface area contributed by atoms with E-state index < -0.39 is 23.8 Å². The monoisotopic (exact) mass is 525 g/mol. The third kappa shape index (κ3) is 5.46. The molecule has 0 unspecified atom stereocenters. The second-order valence-electron chi connectivity index (χ2n) is 9.18. The smallest absolute Gasteiger partial charge is 0.273 e. The van der Waals surface area contributed by atoms with Crippen LogP contribution in [0.15, 0.2) is 34.7 Å². The summed E-state index contributed by atoms with van der Waals surface area (Å²) in [5.74, 6) is -0.638. The number of furan rings is 1. The average Bonchev–Trinajstić information content (AvgIpc) is 3.47. The van der Waals surface area contributed by atoms with Gasteiger partial charge in [0.2, 0.25) is 0 Å². The van der Waals surface area contributed by atoms with Crippen LogP contribution in [-0.4, -0.2) is 35.2 Å². The molecule has 0 bridgehead atoms. The number of methoxy groups -OCH3 is 1. The maximum absolute atomic E-state index is 14.2. The van der Waals surface area contributed by atoms with Gasteiger partial charge in [0.05, 0.1) is 18.5 Å². The number of aromatic nitrogens is 1. The van der Waals surface area contributed by atoms with E-state index in [0.717, 1.165) is 49.2 Å². The highest BCUT2D eigenvalue weighted by molar-refractivity contribution is 7.09. The molecule has 0 saturated heterocycles. The van der Waals surface area contributed by atoms with Gasteiger partial charge in [-0.05, 0) is 68.1 Å². The van der Waals surface area contributed by atoms with Gasteiger partial charge in [-0.2, -0.15) is 4.37 Å². The molecule has 10 nitrogen and oxygen atoms in total. The van der Waals surface area contributed by atoms with E-state index in [1.807, 2.05) is 13.0 Å². The number of nitrogen functional groups attached to an aromatic ring is 1. The van der Waals surface area contributed by atoms with Crippen molar-refractivity contribution in [2.45, 2.75) is 58.0 Å². The number of hydrogen-bond acceptors (Lipinski definition) is 8. The van der Waals surface area contributed by atoms with Crippen LogP contribution in [0, 0.1) is 13.8 Å². The summed E-state index contributed by atoms with van der Waals surface area (Å²) in [7, 11) is 1.48. The molecule has 1 atom stereocenters. The first-order chi connectivity index (χ1) is 17.7. The van der Waals surface area contributed by atoms with Crippen LogP contribution in [0.25, 0.3) is 0 Å². The number of nitrogens with one attached hydrogen (secondary N) is 1. The summed E-state index contributed by atoms with van der Waals surface area (Å²) in [5, 5.41) is 3.12. The Hall–Kier alpha value is -3.86. The molecule has 0 aliphatic heterocycles. The highest BCUT2D eigenvalue weighted by atomic mass is 32.1. The van der Waals surface area contributed by atoms with Gasteiger partial charge in [-0.1, -0.05) is 25.3 Å². The van der Waals surface area contributed by atoms with Crippen LogP contribution in [-0.2, 0) is 4.79 Å². The molecule has 0 spiro atoms. The lowest BCUT2D eigenvalue weighted by Gasteiger charge is -2.32. The predicted octanol–water partition coefficient (Wildman–Crippen LogP) is 3.88. The Morgan fingerprint density at radius 2 is 1.89 bits per heavy atom. The van der Waals surface area contributed by atoms with Crippen molar-refractivity contribution in [2.75, 3.05) is 17.7 Å². The van der Waals surface area contributed by atoms with E-state index in [9.17, 15) is 14.4 Å². The number of anilines is 2. The fourth-order valence-corrected chi connectivity index (χ4v) is 5.34. The number of rotatable bonds is 8. The van der Waals surface area contributed by atoms with E-state index in [-0.39, 0.29) is 28.1 Å². The summed E-state index contributed by atoms with van der Waals surface area (Å²) in [5.41, 5.74) is 12.4. The van der Waals surface area contributed by atoms with Gasteiger partial charge in [0.25, 0.3) is 17.7 Å². The molecule has 4 rings (SSSR count). The number of amides is 3. The van der Waals surface area contributed by atoms with Crippen molar-refractivity contribution >= 4 is 40.6 Å². The third-order valence-electron chi connectivity index (χ3n) is 6.46. The third-order valence-corrected chi connectivity index (χ3v) is 7.31. The summed E-state index contributed by atoms with van der Waals surface area (Å²) >= 11 is 0.748. The van der Waals surface area contributed by atoms with Gasteiger partial charge >= 0.3 is 0 Å². The molecule has 1 aliphatic carbocycles. The SMILES string of the molecule is COc1ccc(C)cc1N(C(=O)c1snc(C(N)=O)c1N)[C@@H](C(=O)NC1CCCCC1)c1ccc(C)o1. The number of hydrogen-bond donors (Lipinski definition) is 3. The Bertz CT molecular complexity index is 1310. The molecule has 3 aromatic rings. The number of primary amides is 1. The molecule has 5 N–H and O–H groups in total. The maximum Gasteiger partial charge on any atom is 0.273 e. The molecule has 1 aliphatic rings. The van der Waals surface area contributed by atoms with Gasteiger partial charge < -0.3 is 25.9 Å². The highest BCUT2D eigenvalue weighted by Crippen LogP contribution is 2.39. The normalized spacial score (nSPS) is 14.7. The molecule has 3 amide bonds. The van der Waals surface area contributed by atoms with Gasteiger partial charge in [-0.25, -0.2) is 0 Å². The van der Waals surface area contributed by atoms with E-state index in [2.05, 4.69) is 9.69 Å². The Labute approximate surface area is 219 Å². The lowest BCUT2D eigenvalue weighted by molar-refractivity contribution is -0.123. The first-order valence-electron chi connectivity index (χ1n) is 12.1. The molecule has 1 fully saturated rings. The van der Waals surface area contributed by atoms with Gasteiger partial charge in [0.1, 0.15) is 22.1 Å². The minimum absolute atomic E-state index is 0.00824. The second-order valence-corrected chi connectivity index (χ2v) is 9.96. The molecule has 2 heterocycles. The molecule has 0 radical (unpaired) electrons. The lowest BCUT2D eigenvalue weighted by atomic mass is 9.95. The number of nitrogens with zero attached hydrogens (tertiary/aromatic N) is 2. The number of nitrogens with two attached hydrogens (primary N) is 2. The van der Waals surface area contributed by atoms with E-state index in [1.165, 1.54) is 12.0 Å². The van der Waals surface area contributed by atoms with Gasteiger partial charge in [-0.15, -0.1) is 0 Å². The molecular formula is C26H31N5O5S. The van der Waals surface area contributed by atoms with Crippen molar-refractivity contribution in [3.63, 3.8) is 0 Å². The maximum atomic E-state index is 14.2. The predicted molar refractivity (Wildman–Crippen MR) is 141 cm³/mol. The number of aryl methyl sites for hydroxylation is 2. The number of benzene rings is 1. The van der Waals surface area contributed by atoms with Crippen molar-refractivity contribution in [3.8, 4) is 5.75 Å². The number of ether oxygens (including phenoxy) is 1. The zero-order valence-electron chi connectivity index (χ0n) is 21.1. The summed E-state index contributed by atoms with van der Waals surface area (Å²) in [4.78, 5) is 41.2. The molecular weight excluding hydrogens is 494 g/mol. The first-order valence-corrected chi connectivity index (χ1v) is 12.9. The molecule has 37 heavy (non-hydrogen) atoms. The zero-order valence-corrected chi connectivity index (χ0v) is 21.9. The number of carbonyl (C=O) groups excluding carboxylic acids is 3. The van der Waals surface area contributed by atoms with Crippen LogP contribution in [0.3, 0.4) is 0 Å². The van der Waals surface area contributed by atoms with Crippen molar-refractivity contribution in [1.29, 1.82) is 0 Å². The lowest BCUT2D eigenvalue weighted by Crippen LogP contribution is -2.47. The summed E-state index contributed by atoms with van der Waals surface area (Å²) in [6.45, 7) is 3.63. The van der Waals surface area contributed by atoms with E-state index in [4.69, 9.17) is 20.6 Å². The van der Waals surface area contributed by atoms with Gasteiger partial charge in [0.15, 0.2) is 11.7 Å². The number of carbonyl (C=O) groups is 3. The summed E-state index contributed by atoms with van der Waals surface area (Å²) < 4.78 is 15.5. The Morgan fingerprint density at radius 3 is 2.49 bits per heavy atom. The quantitative estimate of drug-likeness (QED) is 0.403. The van der Waals surface area contributed by atoms with Crippen LogP contribution in [0.5, 0.6) is 5.75 Å². The largest absolute Gasteiger partial charge is 0.495 e. The Kier molecular flexibility index (Phi) is 7.82. The van der Waals surface area contributed by atoms with Crippen molar-refractivity contribution < 1.29 is 23.5 Å². The minimum atomic E-state index is -1.18. The topological polar surface area (TPSA) is 154 Å². The van der Waals surface area contributed by atoms with Crippen LogP contribution >= 0.6 is 11.5 Å². The van der Waals surface area contributed by atoms with Crippen molar-refractivity contribution in [1.82, 2.24) is 9.69 Å². The van der Waals surface area contributed by atoms with Crippen LogP contribution < -0.4 is 26.4 Å². The molecule has 11 heteroatoms. The van der Waals surface area contributed by atoms with Crippen LogP contribution in [0.4, 0.5) is 11.4 Å². The highest BCUT2D eigenvalue weighted by Gasteiger charge is 2.39. The minimum Gasteiger partial charge on any atom is -0.495 e. The summed E-state index contributed by atoms with van der Waals surface area (Å²) in [6, 6.07) is 7.53. The fourth-order valence-electron chi connectivity index (χ4n) is 4.59. The van der Waals surface area contributed by atoms with Gasteiger partial charge in [0, 0.05) is 6.04 Å². The van der Waals surface area contributed by atoms with Crippen molar-refractivity contribution in [2.24, 2.45) is 5.73 Å².